The van der Waals surface area contributed by atoms with Gasteiger partial charge in [-0.05, 0) is 48.4 Å². The van der Waals surface area contributed by atoms with Crippen molar-refractivity contribution in [1.82, 2.24) is 5.32 Å². The van der Waals surface area contributed by atoms with E-state index in [0.717, 1.165) is 30.6 Å². The summed E-state index contributed by atoms with van der Waals surface area (Å²) in [6.45, 7) is 4.59. The van der Waals surface area contributed by atoms with Crippen LogP contribution in [0.25, 0.3) is 0 Å². The number of rotatable bonds is 8. The number of carbonyl (C=O) groups is 2. The summed E-state index contributed by atoms with van der Waals surface area (Å²) >= 11 is 0. The molecule has 2 aromatic carbocycles. The predicted octanol–water partition coefficient (Wildman–Crippen LogP) is 2.98. The zero-order chi connectivity index (χ0) is 22.6. The molecule has 0 bridgehead atoms. The van der Waals surface area contributed by atoms with E-state index < -0.39 is 18.0 Å². The Morgan fingerprint density at radius 2 is 1.81 bits per heavy atom. The highest BCUT2D eigenvalue weighted by atomic mass is 16.5. The van der Waals surface area contributed by atoms with Crippen LogP contribution in [0.3, 0.4) is 0 Å². The lowest BCUT2D eigenvalue weighted by Crippen LogP contribution is -2.35. The van der Waals surface area contributed by atoms with Gasteiger partial charge in [-0.25, -0.2) is 9.59 Å². The molecule has 0 amide bonds. The number of aryl methyl sites for hydroxylation is 1. The molecule has 0 saturated heterocycles. The molecule has 0 heterocycles. The molecule has 0 fully saturated rings. The van der Waals surface area contributed by atoms with Gasteiger partial charge >= 0.3 is 11.9 Å². The topological polar surface area (TPSA) is 116 Å². The van der Waals surface area contributed by atoms with E-state index in [1.54, 1.807) is 0 Å². The Bertz CT molecular complexity index is 870. The molecule has 2 aromatic rings. The fraction of sp³-hybridized carbons (Fsp3) is 0.333. The van der Waals surface area contributed by atoms with Gasteiger partial charge in [0.2, 0.25) is 0 Å². The SMILES string of the molecule is C=CCc1ccccc1OCC(O)CNC1CCCc2ccccc21.O=C(O)C(=O)O. The number of fused-ring (bicyclic) bond motifs is 1. The fourth-order valence-corrected chi connectivity index (χ4v) is 3.46. The quantitative estimate of drug-likeness (QED) is 0.378. The Morgan fingerprint density at radius 3 is 2.52 bits per heavy atom. The van der Waals surface area contributed by atoms with Crippen LogP contribution in [0, 0.1) is 0 Å². The summed E-state index contributed by atoms with van der Waals surface area (Å²) in [6.07, 6.45) is 5.55. The molecule has 2 unspecified atom stereocenters. The Balaban J connectivity index is 0.000000501. The molecule has 4 N–H and O–H groups in total. The average molecular weight is 427 g/mol. The molecule has 31 heavy (non-hydrogen) atoms. The first-order chi connectivity index (χ1) is 14.9. The van der Waals surface area contributed by atoms with E-state index in [0.29, 0.717) is 12.6 Å². The van der Waals surface area contributed by atoms with Crippen molar-refractivity contribution >= 4 is 11.9 Å². The maximum atomic E-state index is 10.3. The highest BCUT2D eigenvalue weighted by Gasteiger charge is 2.20. The van der Waals surface area contributed by atoms with Crippen LogP contribution < -0.4 is 10.1 Å². The number of benzene rings is 2. The van der Waals surface area contributed by atoms with Crippen molar-refractivity contribution < 1.29 is 29.6 Å². The van der Waals surface area contributed by atoms with E-state index in [2.05, 4.69) is 36.2 Å². The third-order valence-electron chi connectivity index (χ3n) is 4.92. The summed E-state index contributed by atoms with van der Waals surface area (Å²) < 4.78 is 5.82. The standard InChI is InChI=1S/C22H27NO2.C2H2O4/c1-2-8-18-10-4-6-14-22(18)25-16-19(24)15-23-21-13-7-11-17-9-3-5-12-20(17)21;3-1(4)2(5)6/h2-6,9-10,12,14,19,21,23-24H,1,7-8,11,13,15-16H2;(H,3,4)(H,5,6). The number of hydrogen-bond donors (Lipinski definition) is 4. The number of hydrogen-bond acceptors (Lipinski definition) is 5. The monoisotopic (exact) mass is 427 g/mol. The first kappa shape index (κ1) is 24.1. The second-order valence-electron chi connectivity index (χ2n) is 7.23. The van der Waals surface area contributed by atoms with Gasteiger partial charge in [-0.2, -0.15) is 0 Å². The molecule has 0 radical (unpaired) electrons. The number of aliphatic hydroxyl groups is 1. The highest BCUT2D eigenvalue weighted by Crippen LogP contribution is 2.29. The highest BCUT2D eigenvalue weighted by molar-refractivity contribution is 6.27. The summed E-state index contributed by atoms with van der Waals surface area (Å²) in [5.74, 6) is -2.82. The first-order valence-corrected chi connectivity index (χ1v) is 10.2. The molecule has 0 saturated carbocycles. The molecule has 1 aliphatic rings. The molecule has 0 aliphatic heterocycles. The molecule has 1 aliphatic carbocycles. The average Bonchev–Trinajstić information content (AvgIpc) is 2.77. The van der Waals surface area contributed by atoms with Crippen LogP contribution in [-0.2, 0) is 22.4 Å². The van der Waals surface area contributed by atoms with Crippen molar-refractivity contribution in [3.8, 4) is 5.75 Å². The Kier molecular flexibility index (Phi) is 9.74. The minimum absolute atomic E-state index is 0.287. The summed E-state index contributed by atoms with van der Waals surface area (Å²) in [7, 11) is 0. The van der Waals surface area contributed by atoms with Crippen LogP contribution in [-0.4, -0.2) is 46.5 Å². The van der Waals surface area contributed by atoms with Gasteiger partial charge in [0.15, 0.2) is 0 Å². The maximum Gasteiger partial charge on any atom is 0.414 e. The Labute approximate surface area is 182 Å². The summed E-state index contributed by atoms with van der Waals surface area (Å²) in [6, 6.07) is 16.8. The van der Waals surface area contributed by atoms with Crippen LogP contribution in [0.4, 0.5) is 0 Å². The third-order valence-corrected chi connectivity index (χ3v) is 4.92. The number of aliphatic carboxylic acids is 2. The van der Waals surface area contributed by atoms with Gasteiger partial charge in [0.05, 0.1) is 0 Å². The molecule has 0 spiro atoms. The van der Waals surface area contributed by atoms with Crippen molar-refractivity contribution in [3.05, 3.63) is 77.9 Å². The van der Waals surface area contributed by atoms with Gasteiger partial charge in [0, 0.05) is 12.6 Å². The number of ether oxygens (including phenoxy) is 1. The number of allylic oxidation sites excluding steroid dienone is 1. The van der Waals surface area contributed by atoms with Crippen molar-refractivity contribution in [2.45, 2.75) is 37.8 Å². The lowest BCUT2D eigenvalue weighted by molar-refractivity contribution is -0.159. The summed E-state index contributed by atoms with van der Waals surface area (Å²) in [4.78, 5) is 18.2. The molecule has 7 nitrogen and oxygen atoms in total. The zero-order valence-electron chi connectivity index (χ0n) is 17.4. The fourth-order valence-electron chi connectivity index (χ4n) is 3.46. The summed E-state index contributed by atoms with van der Waals surface area (Å²) in [5, 5.41) is 28.6. The molecule has 7 heteroatoms. The van der Waals surface area contributed by atoms with Gasteiger partial charge in [-0.3, -0.25) is 0 Å². The largest absolute Gasteiger partial charge is 0.491 e. The normalized spacial score (nSPS) is 15.6. The number of aliphatic hydroxyl groups excluding tert-OH is 1. The maximum absolute atomic E-state index is 10.3. The Hall–Kier alpha value is -3.16. The van der Waals surface area contributed by atoms with Crippen LogP contribution in [0.1, 0.15) is 35.6 Å². The minimum atomic E-state index is -1.82. The number of para-hydroxylation sites is 1. The first-order valence-electron chi connectivity index (χ1n) is 10.2. The number of nitrogens with one attached hydrogen (secondary N) is 1. The van der Waals surface area contributed by atoms with Crippen LogP contribution in [0.5, 0.6) is 5.75 Å². The zero-order valence-corrected chi connectivity index (χ0v) is 17.4. The minimum Gasteiger partial charge on any atom is -0.491 e. The van der Waals surface area contributed by atoms with E-state index in [-0.39, 0.29) is 6.61 Å². The summed E-state index contributed by atoms with van der Waals surface area (Å²) in [5.41, 5.74) is 3.90. The van der Waals surface area contributed by atoms with Gasteiger partial charge in [0.25, 0.3) is 0 Å². The second kappa shape index (κ2) is 12.5. The molecule has 0 aromatic heterocycles. The second-order valence-corrected chi connectivity index (χ2v) is 7.23. The number of carboxylic acid groups (broad SMARTS) is 2. The molecular weight excluding hydrogens is 398 g/mol. The van der Waals surface area contributed by atoms with Crippen LogP contribution >= 0.6 is 0 Å². The van der Waals surface area contributed by atoms with E-state index in [4.69, 9.17) is 24.5 Å². The van der Waals surface area contributed by atoms with Gasteiger partial charge in [0.1, 0.15) is 18.5 Å². The van der Waals surface area contributed by atoms with E-state index in [9.17, 15) is 5.11 Å². The molecule has 166 valence electrons. The third kappa shape index (κ3) is 7.88. The van der Waals surface area contributed by atoms with E-state index in [1.165, 1.54) is 17.5 Å². The van der Waals surface area contributed by atoms with Gasteiger partial charge in [-0.15, -0.1) is 6.58 Å². The number of carboxylic acids is 2. The van der Waals surface area contributed by atoms with Crippen molar-refractivity contribution in [1.29, 1.82) is 0 Å². The van der Waals surface area contributed by atoms with E-state index in [1.807, 2.05) is 30.3 Å². The van der Waals surface area contributed by atoms with E-state index >= 15 is 0 Å². The van der Waals surface area contributed by atoms with Crippen molar-refractivity contribution in [2.75, 3.05) is 13.2 Å². The molecule has 2 atom stereocenters. The molecular formula is C24H29NO6. The van der Waals surface area contributed by atoms with Gasteiger partial charge < -0.3 is 25.4 Å². The van der Waals surface area contributed by atoms with Crippen LogP contribution in [0.2, 0.25) is 0 Å². The molecule has 3 rings (SSSR count). The lowest BCUT2D eigenvalue weighted by Gasteiger charge is -2.27. The lowest BCUT2D eigenvalue weighted by atomic mass is 9.88. The van der Waals surface area contributed by atoms with Gasteiger partial charge in [-0.1, -0.05) is 48.5 Å². The van der Waals surface area contributed by atoms with Crippen LogP contribution in [0.15, 0.2) is 61.2 Å². The van der Waals surface area contributed by atoms with Crippen molar-refractivity contribution in [2.24, 2.45) is 0 Å². The smallest absolute Gasteiger partial charge is 0.414 e. The predicted molar refractivity (Wildman–Crippen MR) is 117 cm³/mol. The Morgan fingerprint density at radius 1 is 1.13 bits per heavy atom. The van der Waals surface area contributed by atoms with Crippen molar-refractivity contribution in [3.63, 3.8) is 0 Å².